The molecule has 12 heteroatoms. The summed E-state index contributed by atoms with van der Waals surface area (Å²) >= 11 is 0. The van der Waals surface area contributed by atoms with E-state index in [1.165, 1.54) is 0 Å². The number of hydrogen-bond donors (Lipinski definition) is 0. The van der Waals surface area contributed by atoms with E-state index in [0.29, 0.717) is 43.8 Å². The van der Waals surface area contributed by atoms with E-state index in [4.69, 9.17) is 14.5 Å². The molecule has 4 fully saturated rings. The first kappa shape index (κ1) is 21.3. The number of morpholine rings is 2. The normalized spacial score (nSPS) is 28.3. The SMILES string of the molecule is FC(F)(F)c1nc2ccccc2n1-c1nc(N2C3CCC2COC3)nc(N2C3CCC2COC3)n1. The molecule has 4 aliphatic heterocycles. The van der Waals surface area contributed by atoms with Crippen molar-refractivity contribution in [2.24, 2.45) is 0 Å². The summed E-state index contributed by atoms with van der Waals surface area (Å²) in [5.41, 5.74) is 0.541. The lowest BCUT2D eigenvalue weighted by molar-refractivity contribution is -0.145. The maximum Gasteiger partial charge on any atom is 0.450 e. The highest BCUT2D eigenvalue weighted by Crippen LogP contribution is 2.38. The highest BCUT2D eigenvalue weighted by Gasteiger charge is 2.44. The predicted octanol–water partition coefficient (Wildman–Crippen LogP) is 2.96. The van der Waals surface area contributed by atoms with E-state index in [-0.39, 0.29) is 35.6 Å². The van der Waals surface area contributed by atoms with E-state index in [2.05, 4.69) is 24.8 Å². The van der Waals surface area contributed by atoms with E-state index < -0.39 is 12.0 Å². The minimum Gasteiger partial charge on any atom is -0.377 e. The van der Waals surface area contributed by atoms with Crippen molar-refractivity contribution in [3.8, 4) is 5.95 Å². The zero-order chi connectivity index (χ0) is 23.7. The van der Waals surface area contributed by atoms with Crippen molar-refractivity contribution in [1.29, 1.82) is 0 Å². The molecule has 184 valence electrons. The van der Waals surface area contributed by atoms with Crippen molar-refractivity contribution < 1.29 is 22.6 Å². The van der Waals surface area contributed by atoms with Gasteiger partial charge in [-0.1, -0.05) is 12.1 Å². The molecule has 35 heavy (non-hydrogen) atoms. The number of benzene rings is 1. The van der Waals surface area contributed by atoms with Crippen LogP contribution in [0.3, 0.4) is 0 Å². The number of anilines is 2. The molecule has 4 atom stereocenters. The molecule has 6 heterocycles. The van der Waals surface area contributed by atoms with E-state index in [9.17, 15) is 13.2 Å². The van der Waals surface area contributed by atoms with Crippen LogP contribution < -0.4 is 9.80 Å². The molecule has 0 amide bonds. The lowest BCUT2D eigenvalue weighted by atomic mass is 10.2. The molecule has 4 saturated heterocycles. The molecule has 2 aromatic heterocycles. The van der Waals surface area contributed by atoms with Gasteiger partial charge in [0, 0.05) is 0 Å². The van der Waals surface area contributed by atoms with E-state index in [1.54, 1.807) is 24.3 Å². The van der Waals surface area contributed by atoms with Crippen molar-refractivity contribution >= 4 is 22.9 Å². The number of hydrogen-bond acceptors (Lipinski definition) is 8. The zero-order valence-corrected chi connectivity index (χ0v) is 18.9. The fourth-order valence-corrected chi connectivity index (χ4v) is 6.00. The average molecular weight is 487 g/mol. The largest absolute Gasteiger partial charge is 0.450 e. The quantitative estimate of drug-likeness (QED) is 0.558. The molecule has 0 N–H and O–H groups in total. The number of para-hydroxylation sites is 2. The molecule has 7 rings (SSSR count). The van der Waals surface area contributed by atoms with E-state index >= 15 is 0 Å². The smallest absolute Gasteiger partial charge is 0.377 e. The highest BCUT2D eigenvalue weighted by atomic mass is 19.4. The molecule has 0 spiro atoms. The Morgan fingerprint density at radius 3 is 1.69 bits per heavy atom. The molecular weight excluding hydrogens is 463 g/mol. The van der Waals surface area contributed by atoms with Crippen LogP contribution >= 0.6 is 0 Å². The Labute approximate surface area is 198 Å². The number of ether oxygens (including phenoxy) is 2. The number of nitrogens with zero attached hydrogens (tertiary/aromatic N) is 7. The number of fused-ring (bicyclic) bond motifs is 5. The molecule has 4 aliphatic rings. The standard InChI is InChI=1S/C23H24F3N7O2/c24-23(25,26)19-27-17-3-1-2-4-18(17)33(19)22-29-20(31-13-5-6-14(31)10-34-9-13)28-21(30-22)32-15-7-8-16(32)12-35-11-15/h1-4,13-16H,5-12H2. The molecular formula is C23H24F3N7O2. The Balaban J connectivity index is 1.44. The summed E-state index contributed by atoms with van der Waals surface area (Å²) < 4.78 is 54.9. The number of rotatable bonds is 3. The van der Waals surface area contributed by atoms with Gasteiger partial charge in [0.2, 0.25) is 23.7 Å². The fraction of sp³-hybridized carbons (Fsp3) is 0.565. The molecule has 0 aliphatic carbocycles. The number of alkyl halides is 3. The molecule has 4 unspecified atom stereocenters. The van der Waals surface area contributed by atoms with Gasteiger partial charge < -0.3 is 19.3 Å². The second-order valence-electron chi connectivity index (χ2n) is 9.65. The maximum absolute atomic E-state index is 14.1. The van der Waals surface area contributed by atoms with Gasteiger partial charge in [-0.05, 0) is 37.8 Å². The maximum atomic E-state index is 14.1. The lowest BCUT2D eigenvalue weighted by Crippen LogP contribution is -2.49. The summed E-state index contributed by atoms with van der Waals surface area (Å²) in [6.07, 6.45) is -0.934. The van der Waals surface area contributed by atoms with Crippen LogP contribution in [0, 0.1) is 0 Å². The lowest BCUT2D eigenvalue weighted by Gasteiger charge is -2.37. The summed E-state index contributed by atoms with van der Waals surface area (Å²) in [6.45, 7) is 2.21. The van der Waals surface area contributed by atoms with Crippen LogP contribution in [-0.2, 0) is 15.7 Å². The molecule has 3 aromatic rings. The Bertz CT molecular complexity index is 1200. The van der Waals surface area contributed by atoms with Crippen LogP contribution in [0.15, 0.2) is 24.3 Å². The molecule has 0 saturated carbocycles. The van der Waals surface area contributed by atoms with Crippen LogP contribution in [-0.4, -0.2) is 75.1 Å². The second-order valence-corrected chi connectivity index (χ2v) is 9.65. The van der Waals surface area contributed by atoms with Gasteiger partial charge in [0.05, 0.1) is 61.6 Å². The average Bonchev–Trinajstić information content (AvgIpc) is 3.45. The van der Waals surface area contributed by atoms with Crippen LogP contribution in [0.5, 0.6) is 0 Å². The topological polar surface area (TPSA) is 81.4 Å². The molecule has 4 bridgehead atoms. The van der Waals surface area contributed by atoms with Crippen LogP contribution in [0.4, 0.5) is 25.1 Å². The highest BCUT2D eigenvalue weighted by molar-refractivity contribution is 5.78. The Morgan fingerprint density at radius 1 is 0.686 bits per heavy atom. The number of imidazole rings is 1. The van der Waals surface area contributed by atoms with Gasteiger partial charge in [-0.2, -0.15) is 28.1 Å². The first-order valence-electron chi connectivity index (χ1n) is 12.0. The van der Waals surface area contributed by atoms with Crippen molar-refractivity contribution in [3.05, 3.63) is 30.1 Å². The molecule has 9 nitrogen and oxygen atoms in total. The van der Waals surface area contributed by atoms with Crippen LogP contribution in [0.2, 0.25) is 0 Å². The van der Waals surface area contributed by atoms with Crippen LogP contribution in [0.25, 0.3) is 17.0 Å². The number of aromatic nitrogens is 5. The van der Waals surface area contributed by atoms with Crippen molar-refractivity contribution in [1.82, 2.24) is 24.5 Å². The van der Waals surface area contributed by atoms with Gasteiger partial charge in [0.25, 0.3) is 0 Å². The Kier molecular flexibility index (Phi) is 4.72. The fourth-order valence-electron chi connectivity index (χ4n) is 6.00. The molecule has 0 radical (unpaired) electrons. The summed E-state index contributed by atoms with van der Waals surface area (Å²) in [5, 5.41) is 0. The zero-order valence-electron chi connectivity index (χ0n) is 18.9. The second kappa shape index (κ2) is 7.76. The van der Waals surface area contributed by atoms with Crippen LogP contribution in [0.1, 0.15) is 31.5 Å². The third-order valence-electron chi connectivity index (χ3n) is 7.56. The molecule has 1 aromatic carbocycles. The van der Waals surface area contributed by atoms with Crippen molar-refractivity contribution in [3.63, 3.8) is 0 Å². The van der Waals surface area contributed by atoms with Crippen molar-refractivity contribution in [2.45, 2.75) is 56.0 Å². The summed E-state index contributed by atoms with van der Waals surface area (Å²) in [6, 6.07) is 6.92. The minimum absolute atomic E-state index is 0.0668. The van der Waals surface area contributed by atoms with Gasteiger partial charge in [0.15, 0.2) is 0 Å². The Morgan fingerprint density at radius 2 is 1.17 bits per heavy atom. The van der Waals surface area contributed by atoms with Gasteiger partial charge in [-0.3, -0.25) is 4.57 Å². The van der Waals surface area contributed by atoms with Gasteiger partial charge in [-0.15, -0.1) is 0 Å². The number of halogens is 3. The van der Waals surface area contributed by atoms with Crippen molar-refractivity contribution in [2.75, 3.05) is 36.2 Å². The predicted molar refractivity (Wildman–Crippen MR) is 120 cm³/mol. The first-order chi connectivity index (χ1) is 17.0. The summed E-state index contributed by atoms with van der Waals surface area (Å²) in [7, 11) is 0. The van der Waals surface area contributed by atoms with Gasteiger partial charge >= 0.3 is 6.18 Å². The van der Waals surface area contributed by atoms with Gasteiger partial charge in [-0.25, -0.2) is 4.98 Å². The Hall–Kier alpha value is -2.99. The van der Waals surface area contributed by atoms with Gasteiger partial charge in [0.1, 0.15) is 0 Å². The monoisotopic (exact) mass is 487 g/mol. The minimum atomic E-state index is -4.68. The van der Waals surface area contributed by atoms with E-state index in [1.807, 2.05) is 0 Å². The summed E-state index contributed by atoms with van der Waals surface area (Å²) in [5.74, 6) is -0.310. The summed E-state index contributed by atoms with van der Waals surface area (Å²) in [4.78, 5) is 22.3. The third-order valence-corrected chi connectivity index (χ3v) is 7.56. The third kappa shape index (κ3) is 3.37. The van der Waals surface area contributed by atoms with E-state index in [0.717, 1.165) is 30.3 Å². The first-order valence-corrected chi connectivity index (χ1v) is 12.0.